The maximum absolute atomic E-state index is 9.52. The Morgan fingerprint density at radius 1 is 1.60 bits per heavy atom. The second kappa shape index (κ2) is 5.25. The average molecular weight is 218 g/mol. The van der Waals surface area contributed by atoms with Crippen molar-refractivity contribution in [1.29, 1.82) is 0 Å². The van der Waals surface area contributed by atoms with Crippen LogP contribution < -0.4 is 0 Å². The Morgan fingerprint density at radius 3 is 2.80 bits per heavy atom. The molecule has 0 saturated carbocycles. The van der Waals surface area contributed by atoms with Crippen molar-refractivity contribution in [3.63, 3.8) is 0 Å². The molecule has 1 fully saturated rings. The van der Waals surface area contributed by atoms with Gasteiger partial charge in [0.1, 0.15) is 6.10 Å². The summed E-state index contributed by atoms with van der Waals surface area (Å²) >= 11 is 0. The van der Waals surface area contributed by atoms with Crippen molar-refractivity contribution in [1.82, 2.24) is 0 Å². The van der Waals surface area contributed by atoms with Gasteiger partial charge in [0.25, 0.3) is 0 Å². The van der Waals surface area contributed by atoms with Gasteiger partial charge in [-0.25, -0.2) is 0 Å². The quantitative estimate of drug-likeness (QED) is 0.723. The Hall–Kier alpha value is -0.160. The first-order valence-corrected chi connectivity index (χ1v) is 5.53. The molecule has 1 aliphatic rings. The minimum Gasteiger partial charge on any atom is -0.376 e. The molecule has 1 N–H and O–H groups in total. The van der Waals surface area contributed by atoms with Crippen LogP contribution in [0.15, 0.2) is 0 Å². The van der Waals surface area contributed by atoms with Gasteiger partial charge in [-0.15, -0.1) is 0 Å². The number of ether oxygens (including phenoxy) is 3. The summed E-state index contributed by atoms with van der Waals surface area (Å²) in [5.74, 6) is 0. The summed E-state index contributed by atoms with van der Waals surface area (Å²) in [6.45, 7) is 6.50. The van der Waals surface area contributed by atoms with E-state index >= 15 is 0 Å². The van der Waals surface area contributed by atoms with Crippen LogP contribution in [0.25, 0.3) is 0 Å². The van der Waals surface area contributed by atoms with Crippen LogP contribution in [0.5, 0.6) is 0 Å². The molecule has 4 nitrogen and oxygen atoms in total. The number of aliphatic hydroxyl groups excluding tert-OH is 1. The molecule has 4 unspecified atom stereocenters. The molecule has 0 aromatic carbocycles. The third kappa shape index (κ3) is 2.91. The molecule has 0 aromatic rings. The largest absolute Gasteiger partial charge is 0.376 e. The second-order valence-electron chi connectivity index (χ2n) is 4.26. The minimum atomic E-state index is -0.742. The highest BCUT2D eigenvalue weighted by molar-refractivity contribution is 4.92. The van der Waals surface area contributed by atoms with Crippen molar-refractivity contribution in [2.75, 3.05) is 13.7 Å². The Morgan fingerprint density at radius 2 is 2.27 bits per heavy atom. The molecular weight excluding hydrogens is 196 g/mol. The maximum Gasteiger partial charge on any atom is 0.154 e. The second-order valence-corrected chi connectivity index (χ2v) is 4.26. The van der Waals surface area contributed by atoms with Gasteiger partial charge in [-0.05, 0) is 20.3 Å². The van der Waals surface area contributed by atoms with Crippen molar-refractivity contribution in [3.05, 3.63) is 0 Å². The molecule has 0 aliphatic carbocycles. The number of methoxy groups -OCH3 is 1. The summed E-state index contributed by atoms with van der Waals surface area (Å²) in [5, 5.41) is 9.52. The van der Waals surface area contributed by atoms with Gasteiger partial charge < -0.3 is 19.3 Å². The van der Waals surface area contributed by atoms with E-state index in [4.69, 9.17) is 14.2 Å². The zero-order valence-electron chi connectivity index (χ0n) is 10.0. The van der Waals surface area contributed by atoms with Gasteiger partial charge in [0.05, 0.1) is 11.7 Å². The topological polar surface area (TPSA) is 47.9 Å². The van der Waals surface area contributed by atoms with Gasteiger partial charge in [-0.3, -0.25) is 0 Å². The molecule has 0 spiro atoms. The van der Waals surface area contributed by atoms with E-state index in [0.29, 0.717) is 13.0 Å². The molecule has 90 valence electrons. The van der Waals surface area contributed by atoms with Crippen LogP contribution in [0.3, 0.4) is 0 Å². The fourth-order valence-electron chi connectivity index (χ4n) is 1.91. The number of rotatable bonds is 4. The van der Waals surface area contributed by atoms with Crippen LogP contribution in [0, 0.1) is 0 Å². The Kier molecular flexibility index (Phi) is 4.52. The molecule has 1 aliphatic heterocycles. The molecule has 1 saturated heterocycles. The number of aliphatic hydroxyl groups is 1. The van der Waals surface area contributed by atoms with Crippen LogP contribution >= 0.6 is 0 Å². The van der Waals surface area contributed by atoms with Crippen molar-refractivity contribution in [2.24, 2.45) is 0 Å². The van der Waals surface area contributed by atoms with Gasteiger partial charge in [-0.1, -0.05) is 6.92 Å². The van der Waals surface area contributed by atoms with E-state index in [1.807, 2.05) is 20.8 Å². The first-order chi connectivity index (χ1) is 7.03. The molecule has 15 heavy (non-hydrogen) atoms. The molecule has 0 bridgehead atoms. The zero-order chi connectivity index (χ0) is 11.5. The van der Waals surface area contributed by atoms with E-state index in [-0.39, 0.29) is 17.8 Å². The average Bonchev–Trinajstić information content (AvgIpc) is 2.23. The maximum atomic E-state index is 9.52. The normalized spacial score (nSPS) is 39.0. The fourth-order valence-corrected chi connectivity index (χ4v) is 1.91. The Balaban J connectivity index is 2.68. The van der Waals surface area contributed by atoms with Crippen LogP contribution in [-0.4, -0.2) is 42.9 Å². The monoisotopic (exact) mass is 218 g/mol. The lowest BCUT2D eigenvalue weighted by Crippen LogP contribution is -2.55. The van der Waals surface area contributed by atoms with Crippen LogP contribution in [0.1, 0.15) is 33.6 Å². The SMILES string of the molecule is CCC(O)OC1C(C)OCCC1(C)OC. The van der Waals surface area contributed by atoms with Crippen molar-refractivity contribution in [3.8, 4) is 0 Å². The van der Waals surface area contributed by atoms with Gasteiger partial charge in [0.15, 0.2) is 6.29 Å². The third-order valence-corrected chi connectivity index (χ3v) is 3.13. The van der Waals surface area contributed by atoms with E-state index in [1.54, 1.807) is 7.11 Å². The third-order valence-electron chi connectivity index (χ3n) is 3.13. The fraction of sp³-hybridized carbons (Fsp3) is 1.00. The molecule has 0 amide bonds. The van der Waals surface area contributed by atoms with Gasteiger partial charge in [-0.2, -0.15) is 0 Å². The summed E-state index contributed by atoms with van der Waals surface area (Å²) in [4.78, 5) is 0. The molecule has 0 aromatic heterocycles. The van der Waals surface area contributed by atoms with Gasteiger partial charge in [0.2, 0.25) is 0 Å². The lowest BCUT2D eigenvalue weighted by molar-refractivity contribution is -0.256. The molecule has 4 heteroatoms. The summed E-state index contributed by atoms with van der Waals surface area (Å²) < 4.78 is 16.6. The van der Waals surface area contributed by atoms with Gasteiger partial charge >= 0.3 is 0 Å². The van der Waals surface area contributed by atoms with E-state index in [2.05, 4.69) is 0 Å². The summed E-state index contributed by atoms with van der Waals surface area (Å²) in [7, 11) is 1.67. The van der Waals surface area contributed by atoms with E-state index in [9.17, 15) is 5.11 Å². The van der Waals surface area contributed by atoms with Crippen LogP contribution in [-0.2, 0) is 14.2 Å². The summed E-state index contributed by atoms with van der Waals surface area (Å²) in [6, 6.07) is 0. The predicted molar refractivity (Wildman–Crippen MR) is 56.6 cm³/mol. The number of hydrogen-bond donors (Lipinski definition) is 1. The highest BCUT2D eigenvalue weighted by Gasteiger charge is 2.43. The first kappa shape index (κ1) is 12.9. The van der Waals surface area contributed by atoms with E-state index in [0.717, 1.165) is 6.42 Å². The zero-order valence-corrected chi connectivity index (χ0v) is 10.0. The highest BCUT2D eigenvalue weighted by atomic mass is 16.6. The molecule has 4 atom stereocenters. The molecule has 0 radical (unpaired) electrons. The van der Waals surface area contributed by atoms with Crippen molar-refractivity contribution < 1.29 is 19.3 Å². The summed E-state index contributed by atoms with van der Waals surface area (Å²) in [6.07, 6.45) is 0.350. The molecule has 1 heterocycles. The van der Waals surface area contributed by atoms with Crippen molar-refractivity contribution >= 4 is 0 Å². The standard InChI is InChI=1S/C11H22O4/c1-5-9(12)15-10-8(2)14-7-6-11(10,3)13-4/h8-10,12H,5-7H2,1-4H3. The van der Waals surface area contributed by atoms with Crippen LogP contribution in [0.2, 0.25) is 0 Å². The van der Waals surface area contributed by atoms with Crippen molar-refractivity contribution in [2.45, 2.75) is 57.7 Å². The lowest BCUT2D eigenvalue weighted by atomic mass is 9.89. The minimum absolute atomic E-state index is 0.0510. The van der Waals surface area contributed by atoms with E-state index in [1.165, 1.54) is 0 Å². The highest BCUT2D eigenvalue weighted by Crippen LogP contribution is 2.31. The predicted octanol–water partition coefficient (Wildman–Crippen LogP) is 1.31. The van der Waals surface area contributed by atoms with Gasteiger partial charge in [0, 0.05) is 20.1 Å². The van der Waals surface area contributed by atoms with Crippen LogP contribution in [0.4, 0.5) is 0 Å². The Labute approximate surface area is 91.5 Å². The van der Waals surface area contributed by atoms with E-state index < -0.39 is 6.29 Å². The lowest BCUT2D eigenvalue weighted by Gasteiger charge is -2.44. The Bertz CT molecular complexity index is 197. The first-order valence-electron chi connectivity index (χ1n) is 5.53. The smallest absolute Gasteiger partial charge is 0.154 e. The number of hydrogen-bond acceptors (Lipinski definition) is 4. The molecule has 1 rings (SSSR count). The summed E-state index contributed by atoms with van der Waals surface area (Å²) in [5.41, 5.74) is -0.367. The molecular formula is C11H22O4.